The third kappa shape index (κ3) is 4.92. The van der Waals surface area contributed by atoms with Gasteiger partial charge in [0.05, 0.1) is 29.7 Å². The van der Waals surface area contributed by atoms with Crippen molar-refractivity contribution >= 4 is 23.2 Å². The molecule has 0 unspecified atom stereocenters. The first-order valence-corrected chi connectivity index (χ1v) is 7.86. The van der Waals surface area contributed by atoms with Crippen LogP contribution in [-0.2, 0) is 7.05 Å². The van der Waals surface area contributed by atoms with Gasteiger partial charge in [-0.05, 0) is 24.3 Å². The fourth-order valence-electron chi connectivity index (χ4n) is 2.20. The fraction of sp³-hybridized carbons (Fsp3) is 0.118. The molecule has 0 spiro atoms. The number of hydrogen-bond donors (Lipinski definition) is 1. The molecule has 1 amide bonds. The molecule has 2 aromatic heterocycles. The second kappa shape index (κ2) is 9.09. The molecule has 1 N–H and O–H groups in total. The molecule has 0 saturated carbocycles. The summed E-state index contributed by atoms with van der Waals surface area (Å²) in [6.07, 6.45) is 2.66. The number of aryl methyl sites for hydroxylation is 1. The second-order valence-corrected chi connectivity index (χ2v) is 5.71. The Morgan fingerprint density at radius 3 is 2.70 bits per heavy atom. The molecule has 0 atom stereocenters. The molecule has 10 heteroatoms. The zero-order valence-electron chi connectivity index (χ0n) is 15.9. The average molecular weight is 396 g/mol. The monoisotopic (exact) mass is 395 g/mol. The number of aromatic nitrogens is 4. The predicted octanol–water partition coefficient (Wildman–Crippen LogP) is -0.732. The van der Waals surface area contributed by atoms with Crippen LogP contribution in [0.4, 0.5) is 5.69 Å². The van der Waals surface area contributed by atoms with Crippen molar-refractivity contribution in [3.63, 3.8) is 0 Å². The number of carbonyl (C=O) groups is 1. The first kappa shape index (κ1) is 21.0. The van der Waals surface area contributed by atoms with Gasteiger partial charge >= 0.3 is 29.6 Å². The summed E-state index contributed by atoms with van der Waals surface area (Å²) < 4.78 is 6.28. The van der Waals surface area contributed by atoms with E-state index in [0.29, 0.717) is 22.0 Å². The molecule has 0 aliphatic carbocycles. The molecule has 3 aromatic rings. The number of rotatable bonds is 4. The summed E-state index contributed by atoms with van der Waals surface area (Å²) in [6.45, 7) is 0. The fourth-order valence-corrected chi connectivity index (χ4v) is 2.46. The van der Waals surface area contributed by atoms with E-state index in [0.717, 1.165) is 4.68 Å². The van der Waals surface area contributed by atoms with Gasteiger partial charge in [-0.25, -0.2) is 14.6 Å². The van der Waals surface area contributed by atoms with Gasteiger partial charge < -0.3 is 11.5 Å². The summed E-state index contributed by atoms with van der Waals surface area (Å²) in [5, 5.41) is 6.86. The van der Waals surface area contributed by atoms with Crippen molar-refractivity contribution in [3.8, 4) is 17.0 Å². The van der Waals surface area contributed by atoms with Crippen LogP contribution < -0.4 is 45.2 Å². The molecule has 0 aliphatic rings. The predicted molar refractivity (Wildman–Crippen MR) is 97.6 cm³/mol. The van der Waals surface area contributed by atoms with E-state index < -0.39 is 5.91 Å². The summed E-state index contributed by atoms with van der Waals surface area (Å²) >= 11 is 6.13. The van der Waals surface area contributed by atoms with E-state index in [-0.39, 0.29) is 47.9 Å². The van der Waals surface area contributed by atoms with Crippen molar-refractivity contribution in [1.29, 1.82) is 0 Å². The third-order valence-corrected chi connectivity index (χ3v) is 3.87. The topological polar surface area (TPSA) is 99.0 Å². The molecule has 2 heterocycles. The Labute approximate surface area is 183 Å². The number of anilines is 1. The molecular formula is C17H15ClN5NaO3. The molecule has 3 rings (SSSR count). The number of ether oxygens (including phenoxy) is 1. The van der Waals surface area contributed by atoms with E-state index in [1.807, 2.05) is 0 Å². The van der Waals surface area contributed by atoms with Crippen LogP contribution in [0.2, 0.25) is 5.02 Å². The van der Waals surface area contributed by atoms with Gasteiger partial charge in [0.2, 0.25) is 0 Å². The largest absolute Gasteiger partial charge is 1.00 e. The van der Waals surface area contributed by atoms with E-state index in [1.54, 1.807) is 18.2 Å². The molecule has 0 bridgehead atoms. The van der Waals surface area contributed by atoms with Crippen molar-refractivity contribution in [3.05, 3.63) is 63.9 Å². The molecule has 1 aromatic carbocycles. The number of benzene rings is 1. The van der Waals surface area contributed by atoms with Gasteiger partial charge in [0, 0.05) is 18.7 Å². The maximum atomic E-state index is 12.4. The van der Waals surface area contributed by atoms with Gasteiger partial charge in [-0.2, -0.15) is 5.10 Å². The number of halogens is 1. The Morgan fingerprint density at radius 1 is 1.26 bits per heavy atom. The second-order valence-electron chi connectivity index (χ2n) is 5.30. The normalized spacial score (nSPS) is 10.0. The quantitative estimate of drug-likeness (QED) is 0.585. The molecule has 8 nitrogen and oxygen atoms in total. The first-order valence-electron chi connectivity index (χ1n) is 7.48. The molecule has 134 valence electrons. The van der Waals surface area contributed by atoms with Gasteiger partial charge in [0.15, 0.2) is 0 Å². The van der Waals surface area contributed by atoms with Gasteiger partial charge in [-0.3, -0.25) is 9.59 Å². The van der Waals surface area contributed by atoms with Crippen LogP contribution in [0.5, 0.6) is 5.75 Å². The summed E-state index contributed by atoms with van der Waals surface area (Å²) in [5.74, 6) is 0.0592. The van der Waals surface area contributed by atoms with Crippen LogP contribution in [0, 0.1) is 0 Å². The van der Waals surface area contributed by atoms with Gasteiger partial charge in [0.1, 0.15) is 17.8 Å². The minimum atomic E-state index is -0.483. The summed E-state index contributed by atoms with van der Waals surface area (Å²) in [6, 6.07) is 7.98. The molecule has 0 fully saturated rings. The maximum absolute atomic E-state index is 12.4. The van der Waals surface area contributed by atoms with Gasteiger partial charge in [-0.1, -0.05) is 11.6 Å². The minimum absolute atomic E-state index is 0. The zero-order valence-corrected chi connectivity index (χ0v) is 17.7. The van der Waals surface area contributed by atoms with E-state index in [9.17, 15) is 9.59 Å². The van der Waals surface area contributed by atoms with Crippen molar-refractivity contribution in [1.82, 2.24) is 19.7 Å². The van der Waals surface area contributed by atoms with Crippen molar-refractivity contribution in [2.75, 3.05) is 12.4 Å². The zero-order chi connectivity index (χ0) is 18.7. The smallest absolute Gasteiger partial charge is 1.00 e. The molecule has 27 heavy (non-hydrogen) atoms. The SMILES string of the molecule is COc1ccc(-c2cc(C(=O)Nc3cnn(C)c(=O)c3)ncn2)cc1Cl.[H-].[Na+]. The van der Waals surface area contributed by atoms with Gasteiger partial charge in [0.25, 0.3) is 11.5 Å². The summed E-state index contributed by atoms with van der Waals surface area (Å²) in [5.41, 5.74) is 1.33. The van der Waals surface area contributed by atoms with E-state index >= 15 is 0 Å². The Morgan fingerprint density at radius 2 is 2.04 bits per heavy atom. The van der Waals surface area contributed by atoms with Crippen LogP contribution in [-0.4, -0.2) is 32.8 Å². The van der Waals surface area contributed by atoms with Crippen LogP contribution in [0.1, 0.15) is 11.9 Å². The van der Waals surface area contributed by atoms with Crippen LogP contribution >= 0.6 is 11.6 Å². The first-order chi connectivity index (χ1) is 12.5. The van der Waals surface area contributed by atoms with Crippen LogP contribution in [0.15, 0.2) is 47.7 Å². The molecule has 0 saturated heterocycles. The Kier molecular flexibility index (Phi) is 7.09. The van der Waals surface area contributed by atoms with E-state index in [2.05, 4.69) is 20.4 Å². The molecule has 0 aliphatic heterocycles. The minimum Gasteiger partial charge on any atom is -1.00 e. The van der Waals surface area contributed by atoms with Gasteiger partial charge in [-0.15, -0.1) is 0 Å². The van der Waals surface area contributed by atoms with Crippen molar-refractivity contribution < 1.29 is 40.5 Å². The number of carbonyl (C=O) groups excluding carboxylic acids is 1. The average Bonchev–Trinajstić information content (AvgIpc) is 2.64. The van der Waals surface area contributed by atoms with Crippen molar-refractivity contribution in [2.24, 2.45) is 7.05 Å². The number of nitrogens with zero attached hydrogens (tertiary/aromatic N) is 4. The molecule has 0 radical (unpaired) electrons. The Balaban J connectivity index is 0.00000196. The maximum Gasteiger partial charge on any atom is 1.00 e. The number of methoxy groups -OCH3 is 1. The van der Waals surface area contributed by atoms with E-state index in [1.165, 1.54) is 38.8 Å². The molecular weight excluding hydrogens is 381 g/mol. The van der Waals surface area contributed by atoms with Crippen LogP contribution in [0.25, 0.3) is 11.3 Å². The Bertz CT molecular complexity index is 1050. The standard InChI is InChI=1S/C17H14ClN5O3.Na.H/c1-23-16(24)6-11(8-21-23)22-17(25)14-7-13(19-9-20-14)10-3-4-15(26-2)12(18)5-10;;/h3-9H,1-2H3,(H,22,25);;/q;+1;-1. The third-order valence-electron chi connectivity index (χ3n) is 3.57. The van der Waals surface area contributed by atoms with Crippen LogP contribution in [0.3, 0.4) is 0 Å². The van der Waals surface area contributed by atoms with E-state index in [4.69, 9.17) is 16.3 Å². The summed E-state index contributed by atoms with van der Waals surface area (Å²) in [4.78, 5) is 32.1. The Hall–Kier alpha value is -2.26. The van der Waals surface area contributed by atoms with Crippen molar-refractivity contribution in [2.45, 2.75) is 0 Å². The number of amides is 1. The number of nitrogens with one attached hydrogen (secondary N) is 1. The summed E-state index contributed by atoms with van der Waals surface area (Å²) in [7, 11) is 3.05. The number of hydrogen-bond acceptors (Lipinski definition) is 6.